The zero-order valence-corrected chi connectivity index (χ0v) is 13.4. The summed E-state index contributed by atoms with van der Waals surface area (Å²) in [5, 5.41) is 21.7. The van der Waals surface area contributed by atoms with Gasteiger partial charge in [-0.2, -0.15) is 9.78 Å². The van der Waals surface area contributed by atoms with Crippen molar-refractivity contribution < 1.29 is 4.74 Å². The van der Waals surface area contributed by atoms with Gasteiger partial charge in [0, 0.05) is 11.6 Å². The molecule has 0 aliphatic heterocycles. The average Bonchev–Trinajstić information content (AvgIpc) is 3.06. The molecular formula is C19H13N5O. The van der Waals surface area contributed by atoms with Crippen molar-refractivity contribution in [2.75, 3.05) is 0 Å². The topological polar surface area (TPSA) is 76.1 Å². The largest absolute Gasteiger partial charge is 0.438 e. The Hall–Kier alpha value is -3.72. The summed E-state index contributed by atoms with van der Waals surface area (Å²) in [6.07, 6.45) is 0. The lowest BCUT2D eigenvalue weighted by Gasteiger charge is -2.05. The summed E-state index contributed by atoms with van der Waals surface area (Å²) >= 11 is 0. The zero-order chi connectivity index (χ0) is 17.2. The van der Waals surface area contributed by atoms with Crippen LogP contribution in [0.25, 0.3) is 17.0 Å². The molecule has 0 amide bonds. The first-order chi connectivity index (χ1) is 12.2. The molecule has 0 saturated carbocycles. The summed E-state index contributed by atoms with van der Waals surface area (Å²) < 4.78 is 7.42. The standard InChI is InChI=1S/C19H13N5O/c1-13-2-6-15(7-3-13)19-22-21-17-10-11-18(23-24(17)19)25-16-8-4-14(12-20)5-9-16/h2-11H,1H3. The smallest absolute Gasteiger partial charge is 0.237 e. The number of fused-ring (bicyclic) bond motifs is 1. The van der Waals surface area contributed by atoms with Crippen molar-refractivity contribution in [3.63, 3.8) is 0 Å². The van der Waals surface area contributed by atoms with Crippen LogP contribution in [-0.4, -0.2) is 19.8 Å². The molecular weight excluding hydrogens is 314 g/mol. The molecule has 0 aliphatic carbocycles. The number of nitrogens with zero attached hydrogens (tertiary/aromatic N) is 5. The molecule has 0 atom stereocenters. The molecule has 0 aliphatic rings. The molecule has 0 fully saturated rings. The van der Waals surface area contributed by atoms with Gasteiger partial charge < -0.3 is 4.74 Å². The lowest BCUT2D eigenvalue weighted by molar-refractivity contribution is 0.453. The number of rotatable bonds is 3. The lowest BCUT2D eigenvalue weighted by atomic mass is 10.1. The number of hydrogen-bond acceptors (Lipinski definition) is 5. The quantitative estimate of drug-likeness (QED) is 0.572. The predicted octanol–water partition coefficient (Wildman–Crippen LogP) is 3.76. The maximum atomic E-state index is 8.85. The van der Waals surface area contributed by atoms with Crippen LogP contribution in [0.3, 0.4) is 0 Å². The van der Waals surface area contributed by atoms with Crippen molar-refractivity contribution in [2.24, 2.45) is 0 Å². The minimum atomic E-state index is 0.422. The van der Waals surface area contributed by atoms with Crippen molar-refractivity contribution in [3.8, 4) is 29.1 Å². The highest BCUT2D eigenvalue weighted by Crippen LogP contribution is 2.22. The first-order valence-electron chi connectivity index (χ1n) is 7.70. The van der Waals surface area contributed by atoms with E-state index < -0.39 is 0 Å². The molecule has 0 unspecified atom stereocenters. The Morgan fingerprint density at radius 1 is 0.920 bits per heavy atom. The first kappa shape index (κ1) is 14.8. The van der Waals surface area contributed by atoms with Crippen LogP contribution >= 0.6 is 0 Å². The van der Waals surface area contributed by atoms with Gasteiger partial charge >= 0.3 is 0 Å². The Balaban J connectivity index is 1.70. The molecule has 4 aromatic rings. The van der Waals surface area contributed by atoms with Gasteiger partial charge in [0.2, 0.25) is 5.88 Å². The van der Waals surface area contributed by atoms with Crippen LogP contribution in [0.5, 0.6) is 11.6 Å². The first-order valence-corrected chi connectivity index (χ1v) is 7.70. The molecule has 0 saturated heterocycles. The number of aryl methyl sites for hydroxylation is 1. The molecule has 0 bridgehead atoms. The van der Waals surface area contributed by atoms with Crippen molar-refractivity contribution >= 4 is 5.65 Å². The van der Waals surface area contributed by atoms with E-state index >= 15 is 0 Å². The fraction of sp³-hybridized carbons (Fsp3) is 0.0526. The van der Waals surface area contributed by atoms with E-state index in [0.29, 0.717) is 28.7 Å². The summed E-state index contributed by atoms with van der Waals surface area (Å²) in [5.74, 6) is 1.68. The summed E-state index contributed by atoms with van der Waals surface area (Å²) in [5.41, 5.74) is 3.33. The van der Waals surface area contributed by atoms with Crippen molar-refractivity contribution in [1.82, 2.24) is 19.8 Å². The van der Waals surface area contributed by atoms with E-state index in [1.165, 1.54) is 5.56 Å². The van der Waals surface area contributed by atoms with E-state index in [0.717, 1.165) is 5.56 Å². The number of benzene rings is 2. The Kier molecular flexibility index (Phi) is 3.60. The predicted molar refractivity (Wildman–Crippen MR) is 92.2 cm³/mol. The molecule has 2 aromatic carbocycles. The Morgan fingerprint density at radius 3 is 2.40 bits per heavy atom. The van der Waals surface area contributed by atoms with E-state index in [1.54, 1.807) is 40.9 Å². The number of nitriles is 1. The van der Waals surface area contributed by atoms with Gasteiger partial charge in [-0.1, -0.05) is 29.8 Å². The fourth-order valence-corrected chi connectivity index (χ4v) is 2.43. The summed E-state index contributed by atoms with van der Waals surface area (Å²) in [7, 11) is 0. The van der Waals surface area contributed by atoms with Gasteiger partial charge in [-0.05, 0) is 37.3 Å². The van der Waals surface area contributed by atoms with Gasteiger partial charge in [0.15, 0.2) is 11.5 Å². The van der Waals surface area contributed by atoms with Gasteiger partial charge in [0.1, 0.15) is 5.75 Å². The van der Waals surface area contributed by atoms with Crippen LogP contribution in [0.4, 0.5) is 0 Å². The maximum absolute atomic E-state index is 8.85. The zero-order valence-electron chi connectivity index (χ0n) is 13.4. The van der Waals surface area contributed by atoms with E-state index in [9.17, 15) is 0 Å². The average molecular weight is 327 g/mol. The van der Waals surface area contributed by atoms with Gasteiger partial charge in [-0.3, -0.25) is 0 Å². The van der Waals surface area contributed by atoms with E-state index in [2.05, 4.69) is 21.4 Å². The van der Waals surface area contributed by atoms with Gasteiger partial charge in [0.05, 0.1) is 11.6 Å². The molecule has 0 radical (unpaired) electrons. The third-order valence-electron chi connectivity index (χ3n) is 3.75. The monoisotopic (exact) mass is 327 g/mol. The highest BCUT2D eigenvalue weighted by atomic mass is 16.5. The van der Waals surface area contributed by atoms with E-state index in [4.69, 9.17) is 10.00 Å². The summed E-state index contributed by atoms with van der Waals surface area (Å²) in [6, 6.07) is 20.5. The molecule has 120 valence electrons. The molecule has 2 aromatic heterocycles. The number of ether oxygens (including phenoxy) is 1. The molecule has 6 nitrogen and oxygen atoms in total. The lowest BCUT2D eigenvalue weighted by Crippen LogP contribution is -1.98. The molecule has 25 heavy (non-hydrogen) atoms. The van der Waals surface area contributed by atoms with Gasteiger partial charge in [0.25, 0.3) is 0 Å². The van der Waals surface area contributed by atoms with Gasteiger partial charge in [-0.25, -0.2) is 0 Å². The molecule has 2 heterocycles. The van der Waals surface area contributed by atoms with E-state index in [-0.39, 0.29) is 0 Å². The minimum Gasteiger partial charge on any atom is -0.438 e. The third-order valence-corrected chi connectivity index (χ3v) is 3.75. The summed E-state index contributed by atoms with van der Waals surface area (Å²) in [4.78, 5) is 0. The van der Waals surface area contributed by atoms with Crippen LogP contribution in [0.15, 0.2) is 60.7 Å². The molecule has 0 N–H and O–H groups in total. The summed E-state index contributed by atoms with van der Waals surface area (Å²) in [6.45, 7) is 2.04. The normalized spacial score (nSPS) is 10.6. The third kappa shape index (κ3) is 2.91. The fourth-order valence-electron chi connectivity index (χ4n) is 2.43. The van der Waals surface area contributed by atoms with Crippen molar-refractivity contribution in [3.05, 3.63) is 71.8 Å². The number of aromatic nitrogens is 4. The van der Waals surface area contributed by atoms with Crippen molar-refractivity contribution in [1.29, 1.82) is 5.26 Å². The van der Waals surface area contributed by atoms with Crippen LogP contribution in [0.2, 0.25) is 0 Å². The SMILES string of the molecule is Cc1ccc(-c2nnc3ccc(Oc4ccc(C#N)cc4)nn23)cc1. The Labute approximate surface area is 143 Å². The van der Waals surface area contributed by atoms with Crippen molar-refractivity contribution in [2.45, 2.75) is 6.92 Å². The van der Waals surface area contributed by atoms with Crippen LogP contribution in [0, 0.1) is 18.3 Å². The maximum Gasteiger partial charge on any atom is 0.237 e. The van der Waals surface area contributed by atoms with Crippen LogP contribution in [0.1, 0.15) is 11.1 Å². The molecule has 0 spiro atoms. The molecule has 4 rings (SSSR count). The van der Waals surface area contributed by atoms with Gasteiger partial charge in [-0.15, -0.1) is 15.3 Å². The second-order valence-electron chi connectivity index (χ2n) is 5.57. The Morgan fingerprint density at radius 2 is 1.68 bits per heavy atom. The second kappa shape index (κ2) is 6.06. The van der Waals surface area contributed by atoms with E-state index in [1.807, 2.05) is 31.2 Å². The highest BCUT2D eigenvalue weighted by Gasteiger charge is 2.10. The molecule has 6 heteroatoms. The highest BCUT2D eigenvalue weighted by molar-refractivity contribution is 5.59. The number of hydrogen-bond donors (Lipinski definition) is 0. The Bertz CT molecular complexity index is 1080. The van der Waals surface area contributed by atoms with Crippen LogP contribution < -0.4 is 4.74 Å². The minimum absolute atomic E-state index is 0.422. The van der Waals surface area contributed by atoms with Crippen LogP contribution in [-0.2, 0) is 0 Å². The second-order valence-corrected chi connectivity index (χ2v) is 5.57.